The van der Waals surface area contributed by atoms with Gasteiger partial charge in [-0.1, -0.05) is 19.1 Å². The van der Waals surface area contributed by atoms with Gasteiger partial charge < -0.3 is 15.2 Å². The number of aryl methyl sites for hydroxylation is 1. The van der Waals surface area contributed by atoms with E-state index in [1.807, 2.05) is 58.0 Å². The average Bonchev–Trinajstić information content (AvgIpc) is 3.05. The van der Waals surface area contributed by atoms with E-state index in [1.165, 1.54) is 0 Å². The first-order valence-corrected chi connectivity index (χ1v) is 12.7. The first-order valence-electron chi connectivity index (χ1n) is 11.1. The molecule has 0 unspecified atom stereocenters. The number of carbonyl (C=O) groups is 1. The molecule has 0 spiro atoms. The summed E-state index contributed by atoms with van der Waals surface area (Å²) in [5.41, 5.74) is 11.0. The molecule has 7 nitrogen and oxygen atoms in total. The smallest absolute Gasteiger partial charge is 0.253 e. The molecule has 8 heteroatoms. The molecule has 0 saturated carbocycles. The van der Waals surface area contributed by atoms with E-state index in [2.05, 4.69) is 9.29 Å². The van der Waals surface area contributed by atoms with Crippen LogP contribution in [0.1, 0.15) is 44.5 Å². The molecule has 0 aliphatic rings. The van der Waals surface area contributed by atoms with Crippen molar-refractivity contribution < 1.29 is 13.2 Å². The highest BCUT2D eigenvalue weighted by Crippen LogP contribution is 2.37. The Morgan fingerprint density at radius 3 is 2.25 bits per heavy atom. The highest BCUT2D eigenvalue weighted by Gasteiger charge is 2.19. The van der Waals surface area contributed by atoms with Gasteiger partial charge in [0.25, 0.3) is 5.91 Å². The van der Waals surface area contributed by atoms with Gasteiger partial charge in [0, 0.05) is 41.8 Å². The lowest BCUT2D eigenvalue weighted by molar-refractivity contribution is 0.0773. The minimum absolute atomic E-state index is 0.00425. The van der Waals surface area contributed by atoms with Crippen LogP contribution in [0.25, 0.3) is 22.2 Å². The highest BCUT2D eigenvalue weighted by molar-refractivity contribution is 7.92. The third-order valence-corrected chi connectivity index (χ3v) is 7.11. The van der Waals surface area contributed by atoms with E-state index in [0.29, 0.717) is 43.0 Å². The number of fused-ring (bicyclic) bond motifs is 1. The first kappa shape index (κ1) is 23.7. The summed E-state index contributed by atoms with van der Waals surface area (Å²) < 4.78 is 28.8. The van der Waals surface area contributed by atoms with Crippen molar-refractivity contribution in [2.75, 3.05) is 29.3 Å². The van der Waals surface area contributed by atoms with Gasteiger partial charge in [0.05, 0.1) is 22.7 Å². The molecule has 3 rings (SSSR count). The van der Waals surface area contributed by atoms with E-state index < -0.39 is 10.0 Å². The molecule has 0 fully saturated rings. The van der Waals surface area contributed by atoms with Gasteiger partial charge in [-0.2, -0.15) is 0 Å². The summed E-state index contributed by atoms with van der Waals surface area (Å²) in [5.74, 6) is 0.0879. The molecule has 0 aliphatic carbocycles. The van der Waals surface area contributed by atoms with Crippen molar-refractivity contribution in [2.45, 2.75) is 40.7 Å². The van der Waals surface area contributed by atoms with E-state index in [9.17, 15) is 13.2 Å². The minimum atomic E-state index is -3.34. The molecule has 0 aliphatic heterocycles. The van der Waals surface area contributed by atoms with E-state index in [1.54, 1.807) is 17.0 Å². The fraction of sp³-hybridized carbons (Fsp3) is 0.375. The number of sulfonamides is 1. The molecule has 172 valence electrons. The van der Waals surface area contributed by atoms with E-state index in [0.717, 1.165) is 22.2 Å². The zero-order chi connectivity index (χ0) is 23.5. The highest BCUT2D eigenvalue weighted by atomic mass is 32.2. The Bertz CT molecular complexity index is 1210. The van der Waals surface area contributed by atoms with Gasteiger partial charge in [0.15, 0.2) is 0 Å². The summed E-state index contributed by atoms with van der Waals surface area (Å²) in [6, 6.07) is 12.9. The van der Waals surface area contributed by atoms with Gasteiger partial charge in [-0.25, -0.2) is 8.42 Å². The molecule has 1 heterocycles. The van der Waals surface area contributed by atoms with Gasteiger partial charge in [-0.3, -0.25) is 9.52 Å². The Kier molecular flexibility index (Phi) is 7.13. The number of anilines is 2. The molecule has 1 amide bonds. The van der Waals surface area contributed by atoms with Crippen LogP contribution in [0.4, 0.5) is 11.4 Å². The number of nitrogens with zero attached hydrogens (tertiary/aromatic N) is 2. The van der Waals surface area contributed by atoms with Crippen LogP contribution in [0.5, 0.6) is 0 Å². The van der Waals surface area contributed by atoms with Crippen LogP contribution in [0.15, 0.2) is 42.5 Å². The average molecular weight is 457 g/mol. The Labute approximate surface area is 190 Å². The van der Waals surface area contributed by atoms with Crippen molar-refractivity contribution in [3.8, 4) is 11.3 Å². The lowest BCUT2D eigenvalue weighted by atomic mass is 10.1. The number of benzene rings is 2. The van der Waals surface area contributed by atoms with Gasteiger partial charge in [0.2, 0.25) is 10.0 Å². The van der Waals surface area contributed by atoms with Crippen molar-refractivity contribution in [3.05, 3.63) is 48.0 Å². The molecule has 0 atom stereocenters. The van der Waals surface area contributed by atoms with Crippen LogP contribution in [0.3, 0.4) is 0 Å². The molecule has 0 bridgehead atoms. The summed E-state index contributed by atoms with van der Waals surface area (Å²) in [7, 11) is -3.34. The Morgan fingerprint density at radius 2 is 1.69 bits per heavy atom. The molecular weight excluding hydrogens is 424 g/mol. The predicted molar refractivity (Wildman–Crippen MR) is 132 cm³/mol. The summed E-state index contributed by atoms with van der Waals surface area (Å²) in [6.45, 7) is 9.79. The third kappa shape index (κ3) is 4.60. The topological polar surface area (TPSA) is 97.4 Å². The van der Waals surface area contributed by atoms with Gasteiger partial charge in [-0.15, -0.1) is 0 Å². The molecule has 2 aromatic carbocycles. The number of hydrogen-bond acceptors (Lipinski definition) is 4. The van der Waals surface area contributed by atoms with Crippen LogP contribution in [-0.4, -0.2) is 42.6 Å². The molecule has 3 N–H and O–H groups in total. The lowest BCUT2D eigenvalue weighted by Gasteiger charge is -2.18. The van der Waals surface area contributed by atoms with Crippen molar-refractivity contribution in [3.63, 3.8) is 0 Å². The largest absolute Gasteiger partial charge is 0.396 e. The summed E-state index contributed by atoms with van der Waals surface area (Å²) in [4.78, 5) is 14.6. The maximum absolute atomic E-state index is 12.8. The minimum Gasteiger partial charge on any atom is -0.396 e. The molecule has 32 heavy (non-hydrogen) atoms. The number of rotatable bonds is 9. The zero-order valence-corrected chi connectivity index (χ0v) is 20.0. The number of carbonyl (C=O) groups excluding carboxylic acids is 1. The maximum Gasteiger partial charge on any atom is 0.253 e. The number of nitrogens with two attached hydrogens (primary N) is 1. The summed E-state index contributed by atoms with van der Waals surface area (Å²) >= 11 is 0. The molecule has 0 saturated heterocycles. The number of hydrogen-bond donors (Lipinski definition) is 2. The molecule has 0 radical (unpaired) electrons. The maximum atomic E-state index is 12.8. The fourth-order valence-corrected chi connectivity index (χ4v) is 5.17. The van der Waals surface area contributed by atoms with Crippen LogP contribution < -0.4 is 10.5 Å². The third-order valence-electron chi connectivity index (χ3n) is 5.62. The van der Waals surface area contributed by atoms with Crippen molar-refractivity contribution in [1.29, 1.82) is 0 Å². The standard InChI is InChI=1S/C24H32N4O3S/c1-5-15-32(30,31)26-19-12-9-17(10-13-19)23-22(25)20-14-11-18(16-21(20)28(23)8-4)24(29)27(6-2)7-3/h9-14,16,26H,5-8,15,25H2,1-4H3. The monoisotopic (exact) mass is 456 g/mol. The number of aromatic nitrogens is 1. The number of nitrogens with one attached hydrogen (secondary N) is 1. The van der Waals surface area contributed by atoms with Crippen molar-refractivity contribution in [2.24, 2.45) is 0 Å². The Hall–Kier alpha value is -3.00. The van der Waals surface area contributed by atoms with Crippen LogP contribution in [-0.2, 0) is 16.6 Å². The normalized spacial score (nSPS) is 11.6. The SMILES string of the molecule is CCCS(=O)(=O)Nc1ccc(-c2c(N)c3ccc(C(=O)N(CC)CC)cc3n2CC)cc1. The predicted octanol–water partition coefficient (Wildman–Crippen LogP) is 4.54. The summed E-state index contributed by atoms with van der Waals surface area (Å²) in [6.07, 6.45) is 0.555. The second-order valence-corrected chi connectivity index (χ2v) is 9.56. The fourth-order valence-electron chi connectivity index (χ4n) is 4.04. The molecule has 1 aromatic heterocycles. The van der Waals surface area contributed by atoms with Crippen LogP contribution in [0.2, 0.25) is 0 Å². The van der Waals surface area contributed by atoms with Gasteiger partial charge >= 0.3 is 0 Å². The zero-order valence-electron chi connectivity index (χ0n) is 19.2. The Morgan fingerprint density at radius 1 is 1.03 bits per heavy atom. The lowest BCUT2D eigenvalue weighted by Crippen LogP contribution is -2.30. The number of nitrogen functional groups attached to an aromatic ring is 1. The second-order valence-electron chi connectivity index (χ2n) is 7.71. The van der Waals surface area contributed by atoms with Crippen molar-refractivity contribution in [1.82, 2.24) is 9.47 Å². The second kappa shape index (κ2) is 9.65. The Balaban J connectivity index is 2.03. The first-order chi connectivity index (χ1) is 15.3. The van der Waals surface area contributed by atoms with E-state index in [-0.39, 0.29) is 11.7 Å². The number of amides is 1. The van der Waals surface area contributed by atoms with Gasteiger partial charge in [0.1, 0.15) is 0 Å². The van der Waals surface area contributed by atoms with E-state index in [4.69, 9.17) is 5.73 Å². The van der Waals surface area contributed by atoms with Crippen molar-refractivity contribution >= 4 is 38.2 Å². The van der Waals surface area contributed by atoms with Gasteiger partial charge in [-0.05, 0) is 57.5 Å². The molecular formula is C24H32N4O3S. The molecule has 3 aromatic rings. The summed E-state index contributed by atoms with van der Waals surface area (Å²) in [5, 5.41) is 0.894. The quantitative estimate of drug-likeness (QED) is 0.494. The van der Waals surface area contributed by atoms with E-state index >= 15 is 0 Å². The van der Waals surface area contributed by atoms with Crippen LogP contribution in [0, 0.1) is 0 Å². The van der Waals surface area contributed by atoms with Crippen LogP contribution >= 0.6 is 0 Å².